The van der Waals surface area contributed by atoms with E-state index < -0.39 is 5.00 Å². The Bertz CT molecular complexity index is 365. The molecule has 0 saturated heterocycles. The van der Waals surface area contributed by atoms with Crippen molar-refractivity contribution in [2.75, 3.05) is 4.90 Å². The largest absolute Gasteiger partial charge is 0.325 e. The average molecular weight is 206 g/mol. The molecule has 1 aromatic rings. The maximum absolute atomic E-state index is 6.36. The topological polar surface area (TPSA) is 3.24 Å². The van der Waals surface area contributed by atoms with Crippen LogP contribution in [-0.2, 0) is 0 Å². The second-order valence-corrected chi connectivity index (χ2v) is 4.20. The molecule has 0 aromatic heterocycles. The zero-order valence-electron chi connectivity index (χ0n) is 8.02. The van der Waals surface area contributed by atoms with Gasteiger partial charge in [0.2, 0.25) is 0 Å². The first-order valence-corrected chi connectivity index (χ1v) is 4.97. The van der Waals surface area contributed by atoms with Crippen LogP contribution < -0.4 is 4.90 Å². The lowest BCUT2D eigenvalue weighted by Crippen LogP contribution is -2.37. The zero-order chi connectivity index (χ0) is 10.0. The van der Waals surface area contributed by atoms with Gasteiger partial charge in [-0.1, -0.05) is 35.9 Å². The molecule has 2 rings (SSSR count). The monoisotopic (exact) mass is 205 g/mol. The van der Waals surface area contributed by atoms with Crippen molar-refractivity contribution in [1.82, 2.24) is 0 Å². The summed E-state index contributed by atoms with van der Waals surface area (Å²) in [5.74, 6) is 0. The molecule has 1 aliphatic rings. The van der Waals surface area contributed by atoms with Gasteiger partial charge >= 0.3 is 0 Å². The first-order chi connectivity index (χ1) is 6.70. The van der Waals surface area contributed by atoms with Gasteiger partial charge in [-0.15, -0.1) is 0 Å². The minimum absolute atomic E-state index is 0.462. The van der Waals surface area contributed by atoms with Crippen LogP contribution in [0.15, 0.2) is 54.8 Å². The highest BCUT2D eigenvalue weighted by Gasteiger charge is 2.26. The summed E-state index contributed by atoms with van der Waals surface area (Å²) in [7, 11) is 0. The van der Waals surface area contributed by atoms with Crippen LogP contribution in [0.4, 0.5) is 5.69 Å². The number of para-hydroxylation sites is 1. The van der Waals surface area contributed by atoms with E-state index in [4.69, 9.17) is 11.6 Å². The molecule has 14 heavy (non-hydrogen) atoms. The molecule has 0 radical (unpaired) electrons. The Balaban J connectivity index is 2.36. The van der Waals surface area contributed by atoms with Crippen LogP contribution in [0.3, 0.4) is 0 Å². The fourth-order valence-electron chi connectivity index (χ4n) is 1.52. The number of halogens is 1. The van der Waals surface area contributed by atoms with Crippen molar-refractivity contribution >= 4 is 17.3 Å². The van der Waals surface area contributed by atoms with Gasteiger partial charge in [0.05, 0.1) is 0 Å². The average Bonchev–Trinajstić information content (AvgIpc) is 2.18. The van der Waals surface area contributed by atoms with Crippen molar-refractivity contribution in [3.8, 4) is 0 Å². The number of hydrogen-bond acceptors (Lipinski definition) is 1. The Kier molecular flexibility index (Phi) is 2.34. The highest BCUT2D eigenvalue weighted by atomic mass is 35.5. The third-order valence-electron chi connectivity index (χ3n) is 2.25. The minimum atomic E-state index is -0.462. The van der Waals surface area contributed by atoms with Crippen LogP contribution in [0.25, 0.3) is 0 Å². The van der Waals surface area contributed by atoms with Gasteiger partial charge in [0.1, 0.15) is 5.00 Å². The molecular weight excluding hydrogens is 194 g/mol. The van der Waals surface area contributed by atoms with E-state index in [0.29, 0.717) is 0 Å². The molecule has 1 unspecified atom stereocenters. The number of rotatable bonds is 1. The van der Waals surface area contributed by atoms with E-state index in [1.165, 1.54) is 0 Å². The summed E-state index contributed by atoms with van der Waals surface area (Å²) >= 11 is 6.36. The molecule has 0 N–H and O–H groups in total. The molecule has 1 aliphatic heterocycles. The lowest BCUT2D eigenvalue weighted by molar-refractivity contribution is 0.769. The smallest absolute Gasteiger partial charge is 0.135 e. The summed E-state index contributed by atoms with van der Waals surface area (Å²) in [4.78, 5) is 1.57. The van der Waals surface area contributed by atoms with Crippen LogP contribution in [0, 0.1) is 0 Å². The molecule has 1 heterocycles. The van der Waals surface area contributed by atoms with Crippen molar-refractivity contribution in [2.45, 2.75) is 11.9 Å². The van der Waals surface area contributed by atoms with E-state index in [0.717, 1.165) is 5.69 Å². The van der Waals surface area contributed by atoms with Crippen LogP contribution in [0.1, 0.15) is 6.92 Å². The molecule has 1 nitrogen and oxygen atoms in total. The van der Waals surface area contributed by atoms with Crippen LogP contribution in [0.5, 0.6) is 0 Å². The third-order valence-corrected chi connectivity index (χ3v) is 2.56. The van der Waals surface area contributed by atoms with Crippen LogP contribution >= 0.6 is 11.6 Å². The zero-order valence-corrected chi connectivity index (χ0v) is 8.78. The van der Waals surface area contributed by atoms with Crippen LogP contribution in [-0.4, -0.2) is 5.00 Å². The summed E-state index contributed by atoms with van der Waals surface area (Å²) in [5.41, 5.74) is 1.10. The van der Waals surface area contributed by atoms with E-state index in [1.807, 2.05) is 66.6 Å². The second-order valence-electron chi connectivity index (χ2n) is 3.43. The minimum Gasteiger partial charge on any atom is -0.325 e. The number of alkyl halides is 1. The van der Waals surface area contributed by atoms with Crippen molar-refractivity contribution < 1.29 is 0 Å². The van der Waals surface area contributed by atoms with Gasteiger partial charge in [0.15, 0.2) is 0 Å². The van der Waals surface area contributed by atoms with Gasteiger partial charge in [-0.2, -0.15) is 0 Å². The van der Waals surface area contributed by atoms with Gasteiger partial charge in [-0.25, -0.2) is 0 Å². The third kappa shape index (κ3) is 1.68. The summed E-state index contributed by atoms with van der Waals surface area (Å²) in [6.07, 6.45) is 7.91. The highest BCUT2D eigenvalue weighted by molar-refractivity contribution is 6.26. The van der Waals surface area contributed by atoms with Gasteiger partial charge < -0.3 is 4.90 Å². The maximum atomic E-state index is 6.36. The molecule has 1 aromatic carbocycles. The van der Waals surface area contributed by atoms with E-state index in [9.17, 15) is 0 Å². The molecule has 0 fully saturated rings. The Morgan fingerprint density at radius 3 is 2.50 bits per heavy atom. The quantitative estimate of drug-likeness (QED) is 0.501. The number of hydrogen-bond donors (Lipinski definition) is 0. The number of anilines is 1. The van der Waals surface area contributed by atoms with E-state index >= 15 is 0 Å². The van der Waals surface area contributed by atoms with E-state index in [2.05, 4.69) is 0 Å². The summed E-state index contributed by atoms with van der Waals surface area (Å²) in [6.45, 7) is 1.97. The Morgan fingerprint density at radius 1 is 1.14 bits per heavy atom. The summed E-state index contributed by atoms with van der Waals surface area (Å²) in [6, 6.07) is 10.1. The van der Waals surface area contributed by atoms with Crippen molar-refractivity contribution in [3.63, 3.8) is 0 Å². The lowest BCUT2D eigenvalue weighted by Gasteiger charge is -2.34. The van der Waals surface area contributed by atoms with Gasteiger partial charge in [0.25, 0.3) is 0 Å². The Morgan fingerprint density at radius 2 is 1.86 bits per heavy atom. The first-order valence-electron chi connectivity index (χ1n) is 4.59. The Hall–Kier alpha value is -1.21. The van der Waals surface area contributed by atoms with Crippen molar-refractivity contribution in [3.05, 3.63) is 54.8 Å². The van der Waals surface area contributed by atoms with Gasteiger partial charge in [-0.05, 0) is 31.2 Å². The molecule has 1 atom stereocenters. The fourth-order valence-corrected chi connectivity index (χ4v) is 1.75. The van der Waals surface area contributed by atoms with Crippen molar-refractivity contribution in [2.24, 2.45) is 0 Å². The molecular formula is C12H12ClN. The van der Waals surface area contributed by atoms with Gasteiger partial charge in [0, 0.05) is 11.9 Å². The number of allylic oxidation sites excluding steroid dienone is 2. The first kappa shape index (κ1) is 9.35. The lowest BCUT2D eigenvalue weighted by atomic mass is 10.1. The molecule has 0 amide bonds. The van der Waals surface area contributed by atoms with Crippen molar-refractivity contribution in [1.29, 1.82) is 0 Å². The highest BCUT2D eigenvalue weighted by Crippen LogP contribution is 2.31. The molecule has 0 aliphatic carbocycles. The SMILES string of the molecule is CC1(Cl)C=CC=CN1c1ccccc1. The molecule has 0 spiro atoms. The van der Waals surface area contributed by atoms with Gasteiger partial charge in [-0.3, -0.25) is 0 Å². The maximum Gasteiger partial charge on any atom is 0.135 e. The van der Waals surface area contributed by atoms with Crippen LogP contribution in [0.2, 0.25) is 0 Å². The van der Waals surface area contributed by atoms with E-state index in [-0.39, 0.29) is 0 Å². The predicted octanol–water partition coefficient (Wildman–Crippen LogP) is 3.53. The molecule has 2 heteroatoms. The Labute approximate surface area is 89.3 Å². The van der Waals surface area contributed by atoms with E-state index in [1.54, 1.807) is 0 Å². The molecule has 0 bridgehead atoms. The number of benzene rings is 1. The normalized spacial score (nSPS) is 25.4. The standard InChI is InChI=1S/C12H12ClN/c1-12(13)9-5-6-10-14(12)11-7-3-2-4-8-11/h2-10H,1H3. The fraction of sp³-hybridized carbons (Fsp3) is 0.167. The predicted molar refractivity (Wildman–Crippen MR) is 61.5 cm³/mol. The second kappa shape index (κ2) is 3.50. The molecule has 72 valence electrons. The molecule has 0 saturated carbocycles. The summed E-state index contributed by atoms with van der Waals surface area (Å²) < 4.78 is 0. The summed E-state index contributed by atoms with van der Waals surface area (Å²) in [5, 5.41) is 0. The number of nitrogens with zero attached hydrogens (tertiary/aromatic N) is 1.